The minimum Gasteiger partial charge on any atom is -0.357 e. The summed E-state index contributed by atoms with van der Waals surface area (Å²) in [5.41, 5.74) is 3.65. The lowest BCUT2D eigenvalue weighted by Crippen LogP contribution is -2.53. The van der Waals surface area contributed by atoms with Crippen molar-refractivity contribution in [1.29, 1.82) is 0 Å². The van der Waals surface area contributed by atoms with Crippen LogP contribution in [0, 0.1) is 13.8 Å². The molecule has 0 bridgehead atoms. The zero-order chi connectivity index (χ0) is 31.1. The van der Waals surface area contributed by atoms with Gasteiger partial charge in [-0.2, -0.15) is 0 Å². The molecular weight excluding hydrogens is 605 g/mol. The number of anilines is 1. The van der Waals surface area contributed by atoms with E-state index >= 15 is 0 Å². The molecule has 0 unspecified atom stereocenters. The topological polar surface area (TPSA) is 86.8 Å². The zero-order valence-electron chi connectivity index (χ0n) is 24.1. The Labute approximate surface area is 263 Å². The van der Waals surface area contributed by atoms with Gasteiger partial charge >= 0.3 is 0 Å². The predicted molar refractivity (Wildman–Crippen MR) is 172 cm³/mol. The summed E-state index contributed by atoms with van der Waals surface area (Å²) < 4.78 is 29.1. The quantitative estimate of drug-likeness (QED) is 0.212. The molecule has 0 aliphatic carbocycles. The van der Waals surface area contributed by atoms with E-state index in [-0.39, 0.29) is 39.5 Å². The molecule has 0 fully saturated rings. The number of halogens is 2. The zero-order valence-corrected chi connectivity index (χ0v) is 26.5. The van der Waals surface area contributed by atoms with E-state index in [1.54, 1.807) is 12.1 Å². The Morgan fingerprint density at radius 1 is 0.791 bits per heavy atom. The third-order valence-electron chi connectivity index (χ3n) is 6.98. The van der Waals surface area contributed by atoms with Crippen LogP contribution in [0.25, 0.3) is 0 Å². The largest absolute Gasteiger partial charge is 0.357 e. The van der Waals surface area contributed by atoms with Crippen LogP contribution in [-0.4, -0.2) is 44.8 Å². The van der Waals surface area contributed by atoms with Crippen LogP contribution < -0.4 is 9.62 Å². The first-order valence-electron chi connectivity index (χ1n) is 13.6. The minimum atomic E-state index is -4.25. The van der Waals surface area contributed by atoms with Gasteiger partial charge in [0.1, 0.15) is 12.6 Å². The average Bonchev–Trinajstić information content (AvgIpc) is 2.97. The van der Waals surface area contributed by atoms with Crippen LogP contribution in [0.4, 0.5) is 5.69 Å². The van der Waals surface area contributed by atoms with Gasteiger partial charge in [0.15, 0.2) is 0 Å². The summed E-state index contributed by atoms with van der Waals surface area (Å²) in [7, 11) is -2.74. The molecule has 10 heteroatoms. The summed E-state index contributed by atoms with van der Waals surface area (Å²) >= 11 is 12.6. The maximum atomic E-state index is 14.3. The van der Waals surface area contributed by atoms with E-state index in [4.69, 9.17) is 23.2 Å². The molecule has 4 rings (SSSR count). The number of rotatable bonds is 11. The molecule has 1 atom stereocenters. The first-order valence-corrected chi connectivity index (χ1v) is 15.8. The highest BCUT2D eigenvalue weighted by atomic mass is 35.5. The predicted octanol–water partition coefficient (Wildman–Crippen LogP) is 6.19. The van der Waals surface area contributed by atoms with Gasteiger partial charge in [-0.1, -0.05) is 101 Å². The highest BCUT2D eigenvalue weighted by Gasteiger charge is 2.34. The normalized spacial score (nSPS) is 11.9. The molecule has 0 heterocycles. The number of amides is 2. The minimum absolute atomic E-state index is 0.000584. The van der Waals surface area contributed by atoms with Crippen molar-refractivity contribution in [3.05, 3.63) is 129 Å². The van der Waals surface area contributed by atoms with E-state index in [1.165, 1.54) is 42.3 Å². The summed E-state index contributed by atoms with van der Waals surface area (Å²) in [4.78, 5) is 29.1. The Morgan fingerprint density at radius 2 is 1.42 bits per heavy atom. The third-order valence-corrected chi connectivity index (χ3v) is 9.20. The summed E-state index contributed by atoms with van der Waals surface area (Å²) in [6.07, 6.45) is 0.228. The second-order valence-electron chi connectivity index (χ2n) is 10.3. The van der Waals surface area contributed by atoms with E-state index in [2.05, 4.69) is 5.32 Å². The van der Waals surface area contributed by atoms with E-state index in [0.29, 0.717) is 0 Å². The molecule has 0 radical (unpaired) electrons. The van der Waals surface area contributed by atoms with Crippen LogP contribution in [0.2, 0.25) is 10.0 Å². The average molecular weight is 639 g/mol. The van der Waals surface area contributed by atoms with Crippen LogP contribution in [0.5, 0.6) is 0 Å². The first kappa shape index (κ1) is 32.1. The number of carbonyl (C=O) groups excluding carboxylic acids is 2. The van der Waals surface area contributed by atoms with Crippen molar-refractivity contribution in [3.63, 3.8) is 0 Å². The van der Waals surface area contributed by atoms with Crippen molar-refractivity contribution < 1.29 is 18.0 Å². The number of hydrogen-bond donors (Lipinski definition) is 1. The molecule has 7 nitrogen and oxygen atoms in total. The number of nitrogens with one attached hydrogen (secondary N) is 1. The van der Waals surface area contributed by atoms with E-state index < -0.39 is 28.5 Å². The van der Waals surface area contributed by atoms with Crippen LogP contribution >= 0.6 is 23.2 Å². The van der Waals surface area contributed by atoms with E-state index in [9.17, 15) is 18.0 Å². The van der Waals surface area contributed by atoms with Gasteiger partial charge in [-0.3, -0.25) is 13.9 Å². The van der Waals surface area contributed by atoms with E-state index in [0.717, 1.165) is 26.6 Å². The van der Waals surface area contributed by atoms with Crippen molar-refractivity contribution >= 4 is 50.7 Å². The molecule has 2 amide bonds. The molecule has 4 aromatic rings. The standard InChI is InChI=1S/C33H33Cl2N3O4S/c1-23-12-14-30(15-13-23)43(41,42)38(29-19-27(34)18-28(35)20-29)22-32(39)37(21-26-11-7-8-24(2)16-26)31(33(40)36-3)17-25-9-5-4-6-10-25/h4-16,18-20,31H,17,21-22H2,1-3H3,(H,36,40)/t31-/m0/s1. The van der Waals surface area contributed by atoms with Gasteiger partial charge < -0.3 is 10.2 Å². The summed E-state index contributed by atoms with van der Waals surface area (Å²) in [5.74, 6) is -0.943. The molecule has 0 aromatic heterocycles. The molecule has 0 aliphatic rings. The molecule has 4 aromatic carbocycles. The monoisotopic (exact) mass is 637 g/mol. The van der Waals surface area contributed by atoms with Crippen molar-refractivity contribution in [2.24, 2.45) is 0 Å². The Balaban J connectivity index is 1.81. The highest BCUT2D eigenvalue weighted by molar-refractivity contribution is 7.92. The lowest BCUT2D eigenvalue weighted by atomic mass is 10.0. The lowest BCUT2D eigenvalue weighted by Gasteiger charge is -2.33. The van der Waals surface area contributed by atoms with Crippen molar-refractivity contribution in [1.82, 2.24) is 10.2 Å². The Morgan fingerprint density at radius 3 is 2.02 bits per heavy atom. The second-order valence-corrected chi connectivity index (χ2v) is 13.0. The first-order chi connectivity index (χ1) is 20.5. The fraction of sp³-hybridized carbons (Fsp3) is 0.212. The van der Waals surface area contributed by atoms with E-state index in [1.807, 2.05) is 68.4 Å². The van der Waals surface area contributed by atoms with Gasteiger partial charge in [0.2, 0.25) is 11.8 Å². The molecule has 1 N–H and O–H groups in total. The number of sulfonamides is 1. The van der Waals surface area contributed by atoms with Crippen LogP contribution in [-0.2, 0) is 32.6 Å². The summed E-state index contributed by atoms with van der Waals surface area (Å²) in [6.45, 7) is 3.28. The second kappa shape index (κ2) is 14.1. The number of nitrogens with zero attached hydrogens (tertiary/aromatic N) is 2. The molecule has 0 saturated carbocycles. The van der Waals surface area contributed by atoms with Gasteiger partial charge in [0.25, 0.3) is 10.0 Å². The van der Waals surface area contributed by atoms with Crippen LogP contribution in [0.3, 0.4) is 0 Å². The van der Waals surface area contributed by atoms with Gasteiger partial charge in [-0.05, 0) is 55.3 Å². The number of hydrogen-bond acceptors (Lipinski definition) is 4. The molecule has 0 aliphatic heterocycles. The molecule has 0 saturated heterocycles. The van der Waals surface area contributed by atoms with Crippen LogP contribution in [0.15, 0.2) is 102 Å². The van der Waals surface area contributed by atoms with Gasteiger partial charge in [0.05, 0.1) is 10.6 Å². The maximum absolute atomic E-state index is 14.3. The molecule has 0 spiro atoms. The Kier molecular flexibility index (Phi) is 10.5. The SMILES string of the molecule is CNC(=O)[C@H](Cc1ccccc1)N(Cc1cccc(C)c1)C(=O)CN(c1cc(Cl)cc(Cl)c1)S(=O)(=O)c1ccc(C)cc1. The van der Waals surface area contributed by atoms with Crippen molar-refractivity contribution in [2.75, 3.05) is 17.9 Å². The Hall–Kier alpha value is -3.85. The summed E-state index contributed by atoms with van der Waals surface area (Å²) in [5, 5.41) is 3.10. The number of benzene rings is 4. The van der Waals surface area contributed by atoms with Gasteiger partial charge in [-0.15, -0.1) is 0 Å². The maximum Gasteiger partial charge on any atom is 0.264 e. The number of carbonyl (C=O) groups is 2. The molecule has 224 valence electrons. The van der Waals surface area contributed by atoms with Crippen LogP contribution in [0.1, 0.15) is 22.3 Å². The fourth-order valence-corrected chi connectivity index (χ4v) is 6.69. The van der Waals surface area contributed by atoms with Gasteiger partial charge in [0, 0.05) is 30.1 Å². The van der Waals surface area contributed by atoms with Crippen molar-refractivity contribution in [2.45, 2.75) is 37.8 Å². The smallest absolute Gasteiger partial charge is 0.264 e. The lowest BCUT2D eigenvalue weighted by molar-refractivity contribution is -0.139. The fourth-order valence-electron chi connectivity index (χ4n) is 4.78. The highest BCUT2D eigenvalue weighted by Crippen LogP contribution is 2.30. The Bertz CT molecular complexity index is 1680. The number of aryl methyl sites for hydroxylation is 2. The third kappa shape index (κ3) is 8.16. The molecular formula is C33H33Cl2N3O4S. The van der Waals surface area contributed by atoms with Crippen molar-refractivity contribution in [3.8, 4) is 0 Å². The molecule has 43 heavy (non-hydrogen) atoms. The number of likely N-dealkylation sites (N-methyl/N-ethyl adjacent to an activating group) is 1. The summed E-state index contributed by atoms with van der Waals surface area (Å²) in [6, 6.07) is 26.8. The van der Waals surface area contributed by atoms with Gasteiger partial charge in [-0.25, -0.2) is 8.42 Å².